The molecule has 1 aromatic carbocycles. The number of pyridine rings is 1. The van der Waals surface area contributed by atoms with Crippen LogP contribution < -0.4 is 10.6 Å². The Morgan fingerprint density at radius 1 is 1.12 bits per heavy atom. The van der Waals surface area contributed by atoms with Crippen molar-refractivity contribution in [2.75, 3.05) is 5.32 Å². The highest BCUT2D eigenvalue weighted by atomic mass is 35.5. The first kappa shape index (κ1) is 17.7. The van der Waals surface area contributed by atoms with Crippen LogP contribution >= 0.6 is 11.6 Å². The first-order valence-electron chi connectivity index (χ1n) is 8.96. The highest BCUT2D eigenvalue weighted by molar-refractivity contribution is 6.31. The van der Waals surface area contributed by atoms with Gasteiger partial charge in [-0.05, 0) is 36.6 Å². The fraction of sp³-hybridized carbons (Fsp3) is 0.400. The van der Waals surface area contributed by atoms with Crippen LogP contribution in [0.4, 0.5) is 5.82 Å². The number of nitrogens with zero attached hydrogens (tertiary/aromatic N) is 1. The molecule has 2 aromatic rings. The molecule has 25 heavy (non-hydrogen) atoms. The summed E-state index contributed by atoms with van der Waals surface area (Å²) in [7, 11) is 0. The Morgan fingerprint density at radius 3 is 2.64 bits per heavy atom. The average molecular weight is 358 g/mol. The predicted octanol–water partition coefficient (Wildman–Crippen LogP) is 4.80. The van der Waals surface area contributed by atoms with Crippen molar-refractivity contribution in [3.05, 3.63) is 58.7 Å². The molecule has 0 spiro atoms. The third-order valence-corrected chi connectivity index (χ3v) is 5.00. The van der Waals surface area contributed by atoms with Gasteiger partial charge in [-0.25, -0.2) is 4.98 Å². The molecule has 2 N–H and O–H groups in total. The van der Waals surface area contributed by atoms with Crippen LogP contribution in [-0.4, -0.2) is 16.9 Å². The van der Waals surface area contributed by atoms with Crippen LogP contribution in [0.25, 0.3) is 0 Å². The molecule has 0 unspecified atom stereocenters. The summed E-state index contributed by atoms with van der Waals surface area (Å²) < 4.78 is 0. The molecule has 1 aliphatic rings. The summed E-state index contributed by atoms with van der Waals surface area (Å²) in [4.78, 5) is 16.8. The smallest absolute Gasteiger partial charge is 0.251 e. The Hall–Kier alpha value is -2.07. The zero-order chi connectivity index (χ0) is 17.5. The van der Waals surface area contributed by atoms with Crippen LogP contribution in [0.15, 0.2) is 42.6 Å². The van der Waals surface area contributed by atoms with Crippen LogP contribution in [0.2, 0.25) is 5.02 Å². The lowest BCUT2D eigenvalue weighted by Crippen LogP contribution is -2.24. The molecular formula is C20H24ClN3O. The maximum atomic E-state index is 12.4. The molecular weight excluding hydrogens is 334 g/mol. The Labute approximate surface area is 154 Å². The van der Waals surface area contributed by atoms with Gasteiger partial charge in [0.1, 0.15) is 5.82 Å². The first-order valence-corrected chi connectivity index (χ1v) is 9.34. The molecule has 0 bridgehead atoms. The highest BCUT2D eigenvalue weighted by Crippen LogP contribution is 2.21. The van der Waals surface area contributed by atoms with Crippen molar-refractivity contribution in [1.29, 1.82) is 0 Å². The second kappa shape index (κ2) is 8.86. The van der Waals surface area contributed by atoms with Crippen LogP contribution in [0.3, 0.4) is 0 Å². The molecule has 5 heteroatoms. The standard InChI is InChI=1S/C20H24ClN3O/c21-18-10-6-5-7-16(18)14-23-20(25)15-11-12-22-19(13-15)24-17-8-3-1-2-4-9-17/h5-7,10-13,17H,1-4,8-9,14H2,(H,22,24)(H,23,25). The number of amides is 1. The minimum atomic E-state index is -0.119. The molecule has 3 rings (SSSR count). The van der Waals surface area contributed by atoms with E-state index in [1.807, 2.05) is 30.3 Å². The third kappa shape index (κ3) is 5.20. The van der Waals surface area contributed by atoms with Crippen molar-refractivity contribution in [3.8, 4) is 0 Å². The lowest BCUT2D eigenvalue weighted by Gasteiger charge is -2.17. The van der Waals surface area contributed by atoms with Gasteiger partial charge in [0.05, 0.1) is 0 Å². The largest absolute Gasteiger partial charge is 0.367 e. The van der Waals surface area contributed by atoms with Gasteiger partial charge in [-0.1, -0.05) is 55.5 Å². The number of hydrogen-bond acceptors (Lipinski definition) is 3. The molecule has 1 fully saturated rings. The fourth-order valence-electron chi connectivity index (χ4n) is 3.20. The molecule has 1 saturated carbocycles. The lowest BCUT2D eigenvalue weighted by molar-refractivity contribution is 0.0951. The van der Waals surface area contributed by atoms with Gasteiger partial charge in [0.15, 0.2) is 0 Å². The number of halogens is 1. The summed E-state index contributed by atoms with van der Waals surface area (Å²) in [5.74, 6) is 0.656. The fourth-order valence-corrected chi connectivity index (χ4v) is 3.41. The number of carbonyl (C=O) groups is 1. The zero-order valence-corrected chi connectivity index (χ0v) is 15.1. The van der Waals surface area contributed by atoms with Gasteiger partial charge < -0.3 is 10.6 Å². The van der Waals surface area contributed by atoms with E-state index >= 15 is 0 Å². The average Bonchev–Trinajstić information content (AvgIpc) is 2.90. The number of anilines is 1. The third-order valence-electron chi connectivity index (χ3n) is 4.63. The number of carbonyl (C=O) groups excluding carboxylic acids is 1. The van der Waals surface area contributed by atoms with Crippen molar-refractivity contribution in [3.63, 3.8) is 0 Å². The number of aromatic nitrogens is 1. The van der Waals surface area contributed by atoms with E-state index < -0.39 is 0 Å². The second-order valence-corrected chi connectivity index (χ2v) is 6.94. The van der Waals surface area contributed by atoms with Crippen molar-refractivity contribution >= 4 is 23.3 Å². The van der Waals surface area contributed by atoms with E-state index in [4.69, 9.17) is 11.6 Å². The molecule has 1 aromatic heterocycles. The van der Waals surface area contributed by atoms with Crippen LogP contribution in [0.1, 0.15) is 54.4 Å². The van der Waals surface area contributed by atoms with E-state index in [9.17, 15) is 4.79 Å². The van der Waals surface area contributed by atoms with Gasteiger partial charge in [0, 0.05) is 29.4 Å². The summed E-state index contributed by atoms with van der Waals surface area (Å²) in [6.45, 7) is 0.409. The van der Waals surface area contributed by atoms with Gasteiger partial charge in [-0.3, -0.25) is 4.79 Å². The zero-order valence-electron chi connectivity index (χ0n) is 14.3. The Bertz CT molecular complexity index is 712. The Kier molecular flexibility index (Phi) is 6.29. The summed E-state index contributed by atoms with van der Waals surface area (Å²) >= 11 is 6.13. The molecule has 1 heterocycles. The van der Waals surface area contributed by atoms with Crippen LogP contribution in [-0.2, 0) is 6.54 Å². The van der Waals surface area contributed by atoms with E-state index in [-0.39, 0.29) is 5.91 Å². The summed E-state index contributed by atoms with van der Waals surface area (Å²) in [6, 6.07) is 11.5. The molecule has 1 aliphatic carbocycles. The van der Waals surface area contributed by atoms with Gasteiger partial charge >= 0.3 is 0 Å². The quantitative estimate of drug-likeness (QED) is 0.756. The molecule has 4 nitrogen and oxygen atoms in total. The van der Waals surface area contributed by atoms with E-state index in [0.717, 1.165) is 11.4 Å². The van der Waals surface area contributed by atoms with E-state index in [1.165, 1.54) is 38.5 Å². The molecule has 132 valence electrons. The number of hydrogen-bond donors (Lipinski definition) is 2. The van der Waals surface area contributed by atoms with Crippen molar-refractivity contribution < 1.29 is 4.79 Å². The maximum absolute atomic E-state index is 12.4. The normalized spacial score (nSPS) is 15.4. The highest BCUT2D eigenvalue weighted by Gasteiger charge is 2.13. The van der Waals surface area contributed by atoms with Gasteiger partial charge in [0.25, 0.3) is 5.91 Å². The van der Waals surface area contributed by atoms with E-state index in [0.29, 0.717) is 23.2 Å². The monoisotopic (exact) mass is 357 g/mol. The second-order valence-electron chi connectivity index (χ2n) is 6.54. The van der Waals surface area contributed by atoms with Crippen LogP contribution in [0.5, 0.6) is 0 Å². The number of benzene rings is 1. The van der Waals surface area contributed by atoms with Gasteiger partial charge in [0.2, 0.25) is 0 Å². The molecule has 0 atom stereocenters. The molecule has 1 amide bonds. The predicted molar refractivity (Wildman–Crippen MR) is 102 cm³/mol. The number of rotatable bonds is 5. The van der Waals surface area contributed by atoms with Crippen molar-refractivity contribution in [2.45, 2.75) is 51.1 Å². The minimum Gasteiger partial charge on any atom is -0.367 e. The topological polar surface area (TPSA) is 54.0 Å². The van der Waals surface area contributed by atoms with Gasteiger partial charge in [-0.15, -0.1) is 0 Å². The minimum absolute atomic E-state index is 0.119. The lowest BCUT2D eigenvalue weighted by atomic mass is 10.1. The van der Waals surface area contributed by atoms with E-state index in [2.05, 4.69) is 15.6 Å². The molecule has 0 saturated heterocycles. The molecule has 0 radical (unpaired) electrons. The summed E-state index contributed by atoms with van der Waals surface area (Å²) in [5.41, 5.74) is 1.52. The molecule has 0 aliphatic heterocycles. The summed E-state index contributed by atoms with van der Waals surface area (Å²) in [5, 5.41) is 7.07. The number of nitrogens with one attached hydrogen (secondary N) is 2. The Morgan fingerprint density at radius 2 is 1.88 bits per heavy atom. The summed E-state index contributed by atoms with van der Waals surface area (Å²) in [6.07, 6.45) is 9.18. The van der Waals surface area contributed by atoms with Crippen molar-refractivity contribution in [2.24, 2.45) is 0 Å². The van der Waals surface area contributed by atoms with Crippen molar-refractivity contribution in [1.82, 2.24) is 10.3 Å². The SMILES string of the molecule is O=C(NCc1ccccc1Cl)c1ccnc(NC2CCCCCC2)c1. The first-order chi connectivity index (χ1) is 12.2. The van der Waals surface area contributed by atoms with E-state index in [1.54, 1.807) is 12.3 Å². The van der Waals surface area contributed by atoms with Crippen LogP contribution in [0, 0.1) is 0 Å². The van der Waals surface area contributed by atoms with Gasteiger partial charge in [-0.2, -0.15) is 0 Å². The maximum Gasteiger partial charge on any atom is 0.251 e. The Balaban J connectivity index is 1.60.